The molecule has 0 radical (unpaired) electrons. The Morgan fingerprint density at radius 3 is 1.91 bits per heavy atom. The third-order valence-corrected chi connectivity index (χ3v) is 0.498. The summed E-state index contributed by atoms with van der Waals surface area (Å²) in [7, 11) is -2.17. The Balaban J connectivity index is 0. The summed E-state index contributed by atoms with van der Waals surface area (Å²) in [5.74, 6) is 0. The molecule has 0 aromatic carbocycles. The van der Waals surface area contributed by atoms with E-state index < -0.39 is 7.32 Å². The van der Waals surface area contributed by atoms with Gasteiger partial charge in [0.2, 0.25) is 0 Å². The van der Waals surface area contributed by atoms with Crippen LogP contribution in [-0.2, 0) is 4.74 Å². The second-order valence-corrected chi connectivity index (χ2v) is 1.47. The van der Waals surface area contributed by atoms with Gasteiger partial charge in [0.25, 0.3) is 0 Å². The fourth-order valence-corrected chi connectivity index (χ4v) is 0.250. The van der Waals surface area contributed by atoms with E-state index in [1.807, 2.05) is 0 Å². The van der Waals surface area contributed by atoms with Gasteiger partial charge in [-0.05, 0) is 0 Å². The van der Waals surface area contributed by atoms with Crippen LogP contribution in [0.3, 0.4) is 0 Å². The van der Waals surface area contributed by atoms with Gasteiger partial charge in [-0.2, -0.15) is 0 Å². The summed E-state index contributed by atoms with van der Waals surface area (Å²) >= 11 is 0. The van der Waals surface area contributed by atoms with Crippen molar-refractivity contribution in [2.24, 2.45) is 5.73 Å². The van der Waals surface area contributed by atoms with E-state index in [4.69, 9.17) is 30.6 Å². The first-order valence-corrected chi connectivity index (χ1v) is 3.08. The molecule has 0 aromatic heterocycles. The van der Waals surface area contributed by atoms with E-state index in [0.29, 0.717) is 19.8 Å². The standard InChI is InChI=1S/C4H11NO2.BH3O3/c5-1-3-7-4-2-6;2-1(3)4/h6H,1-5H2;2-4H. The molecule has 11 heavy (non-hydrogen) atoms. The fraction of sp³-hybridized carbons (Fsp3) is 1.00. The molecule has 0 amide bonds. The number of aliphatic hydroxyl groups is 1. The van der Waals surface area contributed by atoms with Crippen LogP contribution in [0, 0.1) is 0 Å². The molecule has 68 valence electrons. The first kappa shape index (κ1) is 13.4. The average Bonchev–Trinajstić information content (AvgIpc) is 1.88. The van der Waals surface area contributed by atoms with Gasteiger partial charge >= 0.3 is 7.32 Å². The van der Waals surface area contributed by atoms with Crippen molar-refractivity contribution >= 4 is 7.32 Å². The van der Waals surface area contributed by atoms with E-state index in [0.717, 1.165) is 0 Å². The molecule has 0 atom stereocenters. The molecule has 0 aliphatic carbocycles. The van der Waals surface area contributed by atoms with E-state index in [-0.39, 0.29) is 6.61 Å². The molecule has 6 N–H and O–H groups in total. The summed E-state index contributed by atoms with van der Waals surface area (Å²) < 4.78 is 4.76. The van der Waals surface area contributed by atoms with Crippen LogP contribution in [0.1, 0.15) is 0 Å². The molecule has 6 nitrogen and oxygen atoms in total. The van der Waals surface area contributed by atoms with E-state index >= 15 is 0 Å². The van der Waals surface area contributed by atoms with Crippen LogP contribution in [0.5, 0.6) is 0 Å². The molecule has 0 saturated carbocycles. The van der Waals surface area contributed by atoms with E-state index in [1.165, 1.54) is 0 Å². The largest absolute Gasteiger partial charge is 0.631 e. The maximum absolute atomic E-state index is 8.13. The van der Waals surface area contributed by atoms with Gasteiger partial charge in [0.15, 0.2) is 0 Å². The molecule has 7 heteroatoms. The van der Waals surface area contributed by atoms with Gasteiger partial charge in [-0.25, -0.2) is 0 Å². The maximum atomic E-state index is 8.13. The van der Waals surface area contributed by atoms with Crippen LogP contribution < -0.4 is 5.73 Å². The Bertz CT molecular complexity index is 57.7. The van der Waals surface area contributed by atoms with Crippen LogP contribution in [0.15, 0.2) is 0 Å². The Kier molecular flexibility index (Phi) is 15.2. The van der Waals surface area contributed by atoms with E-state index in [2.05, 4.69) is 0 Å². The third kappa shape index (κ3) is 41.1. The quantitative estimate of drug-likeness (QED) is 0.223. The van der Waals surface area contributed by atoms with Gasteiger partial charge in [0.05, 0.1) is 19.8 Å². The van der Waals surface area contributed by atoms with Gasteiger partial charge < -0.3 is 30.6 Å². The molecular weight excluding hydrogens is 153 g/mol. The topological polar surface area (TPSA) is 116 Å². The van der Waals surface area contributed by atoms with Gasteiger partial charge in [-0.15, -0.1) is 0 Å². The van der Waals surface area contributed by atoms with Crippen LogP contribution in [0.4, 0.5) is 0 Å². The summed E-state index contributed by atoms with van der Waals surface area (Å²) in [5, 5.41) is 29.6. The predicted molar refractivity (Wildman–Crippen MR) is 39.4 cm³/mol. The summed E-state index contributed by atoms with van der Waals surface area (Å²) in [6.07, 6.45) is 0. The first-order chi connectivity index (χ1) is 5.15. The van der Waals surface area contributed by atoms with Crippen molar-refractivity contribution < 1.29 is 24.9 Å². The lowest BCUT2D eigenvalue weighted by Crippen LogP contribution is -2.10. The highest BCUT2D eigenvalue weighted by molar-refractivity contribution is 6.30. The van der Waals surface area contributed by atoms with Crippen LogP contribution in [0.2, 0.25) is 0 Å². The highest BCUT2D eigenvalue weighted by Gasteiger charge is 1.92. The predicted octanol–water partition coefficient (Wildman–Crippen LogP) is -3.10. The first-order valence-electron chi connectivity index (χ1n) is 3.08. The van der Waals surface area contributed by atoms with Gasteiger partial charge in [0, 0.05) is 6.54 Å². The maximum Gasteiger partial charge on any atom is 0.631 e. The lowest BCUT2D eigenvalue weighted by atomic mass is 10.3. The Hall–Kier alpha value is -0.175. The lowest BCUT2D eigenvalue weighted by Gasteiger charge is -1.95. The lowest BCUT2D eigenvalue weighted by molar-refractivity contribution is 0.0976. The molecule has 0 fully saturated rings. The fourth-order valence-electron chi connectivity index (χ4n) is 0.250. The minimum absolute atomic E-state index is 0.0833. The normalized spacial score (nSPS) is 8.45. The van der Waals surface area contributed by atoms with Gasteiger partial charge in [0.1, 0.15) is 0 Å². The second kappa shape index (κ2) is 12.5. The van der Waals surface area contributed by atoms with Crippen molar-refractivity contribution in [3.63, 3.8) is 0 Å². The Labute approximate surface area is 65.4 Å². The zero-order valence-electron chi connectivity index (χ0n) is 6.18. The molecule has 0 aliphatic rings. The zero-order valence-corrected chi connectivity index (χ0v) is 6.18. The van der Waals surface area contributed by atoms with Crippen molar-refractivity contribution in [1.29, 1.82) is 0 Å². The van der Waals surface area contributed by atoms with Gasteiger partial charge in [-0.1, -0.05) is 0 Å². The van der Waals surface area contributed by atoms with Crippen LogP contribution in [0.25, 0.3) is 0 Å². The second-order valence-electron chi connectivity index (χ2n) is 1.47. The van der Waals surface area contributed by atoms with Crippen molar-refractivity contribution in [2.75, 3.05) is 26.4 Å². The minimum Gasteiger partial charge on any atom is -0.402 e. The summed E-state index contributed by atoms with van der Waals surface area (Å²) in [4.78, 5) is 0. The zero-order chi connectivity index (χ0) is 9.11. The highest BCUT2D eigenvalue weighted by Crippen LogP contribution is 1.66. The third-order valence-electron chi connectivity index (χ3n) is 0.498. The van der Waals surface area contributed by atoms with Crippen LogP contribution >= 0.6 is 0 Å². The summed E-state index contributed by atoms with van der Waals surface area (Å²) in [6.45, 7) is 1.55. The molecule has 0 aliphatic heterocycles. The molecule has 0 rings (SSSR count). The molecular formula is C4H14BNO5. The highest BCUT2D eigenvalue weighted by atomic mass is 16.5. The van der Waals surface area contributed by atoms with Crippen molar-refractivity contribution in [1.82, 2.24) is 0 Å². The number of rotatable bonds is 4. The minimum atomic E-state index is -2.17. The Morgan fingerprint density at radius 1 is 1.18 bits per heavy atom. The number of hydrogen-bond acceptors (Lipinski definition) is 6. The smallest absolute Gasteiger partial charge is 0.402 e. The molecule has 0 bridgehead atoms. The number of aliphatic hydroxyl groups excluding tert-OH is 1. The van der Waals surface area contributed by atoms with Gasteiger partial charge in [-0.3, -0.25) is 0 Å². The molecule has 0 unspecified atom stereocenters. The number of nitrogens with two attached hydrogens (primary N) is 1. The monoisotopic (exact) mass is 167 g/mol. The Morgan fingerprint density at radius 2 is 1.64 bits per heavy atom. The average molecular weight is 167 g/mol. The molecule has 0 saturated heterocycles. The van der Waals surface area contributed by atoms with Crippen molar-refractivity contribution in [2.45, 2.75) is 0 Å². The number of hydrogen-bond donors (Lipinski definition) is 5. The summed E-state index contributed by atoms with van der Waals surface area (Å²) in [5.41, 5.74) is 5.06. The number of ether oxygens (including phenoxy) is 1. The molecule has 0 spiro atoms. The van der Waals surface area contributed by atoms with Crippen molar-refractivity contribution in [3.8, 4) is 0 Å². The summed E-state index contributed by atoms with van der Waals surface area (Å²) in [6, 6.07) is 0. The van der Waals surface area contributed by atoms with E-state index in [9.17, 15) is 0 Å². The van der Waals surface area contributed by atoms with E-state index in [1.54, 1.807) is 0 Å². The molecule has 0 heterocycles. The van der Waals surface area contributed by atoms with Crippen molar-refractivity contribution in [3.05, 3.63) is 0 Å². The molecule has 0 aromatic rings. The SMILES string of the molecule is NCCOCCO.OB(O)O. The van der Waals surface area contributed by atoms with Crippen LogP contribution in [-0.4, -0.2) is 53.9 Å².